The molecule has 0 radical (unpaired) electrons. The van der Waals surface area contributed by atoms with Crippen LogP contribution < -0.4 is 5.73 Å². The van der Waals surface area contributed by atoms with Crippen molar-refractivity contribution in [2.75, 3.05) is 13.2 Å². The van der Waals surface area contributed by atoms with Gasteiger partial charge in [0.25, 0.3) is 0 Å². The van der Waals surface area contributed by atoms with Crippen LogP contribution in [-0.4, -0.2) is 43.9 Å². The number of hydrogen-bond acceptors (Lipinski definition) is 4. The molecule has 1 aliphatic rings. The van der Waals surface area contributed by atoms with Crippen LogP contribution in [0.15, 0.2) is 18.2 Å². The van der Waals surface area contributed by atoms with Gasteiger partial charge in [-0.05, 0) is 24.6 Å². The Kier molecular flexibility index (Phi) is 5.06. The monoisotopic (exact) mass is 350 g/mol. The standard InChI is InChI=1S/C13H16ClFN2O4S/c1-8-12(13(16)18)17(4-5-21-8)22(19,20)7-9-2-3-10(14)11(15)6-9/h2-3,6,8,12H,4-5,7H2,1H3,(H2,16,18)/t8-,12+/m1/s1. The highest BCUT2D eigenvalue weighted by Crippen LogP contribution is 2.22. The van der Waals surface area contributed by atoms with E-state index in [4.69, 9.17) is 22.1 Å². The Morgan fingerprint density at radius 1 is 1.55 bits per heavy atom. The van der Waals surface area contributed by atoms with Gasteiger partial charge in [-0.3, -0.25) is 4.79 Å². The Labute approximate surface area is 133 Å². The molecule has 1 fully saturated rings. The van der Waals surface area contributed by atoms with Gasteiger partial charge < -0.3 is 10.5 Å². The summed E-state index contributed by atoms with van der Waals surface area (Å²) in [5.41, 5.74) is 5.52. The quantitative estimate of drug-likeness (QED) is 0.873. The second kappa shape index (κ2) is 6.49. The maximum absolute atomic E-state index is 13.4. The van der Waals surface area contributed by atoms with Gasteiger partial charge in [-0.2, -0.15) is 4.31 Å². The van der Waals surface area contributed by atoms with Gasteiger partial charge in [-0.25, -0.2) is 12.8 Å². The smallest absolute Gasteiger partial charge is 0.238 e. The average Bonchev–Trinajstić information content (AvgIpc) is 2.42. The van der Waals surface area contributed by atoms with Crippen LogP contribution in [0, 0.1) is 5.82 Å². The molecule has 2 rings (SSSR count). The number of amides is 1. The summed E-state index contributed by atoms with van der Waals surface area (Å²) in [6.45, 7) is 1.77. The maximum Gasteiger partial charge on any atom is 0.238 e. The molecule has 1 saturated heterocycles. The van der Waals surface area contributed by atoms with E-state index in [2.05, 4.69) is 0 Å². The minimum atomic E-state index is -3.85. The molecule has 0 aromatic heterocycles. The van der Waals surface area contributed by atoms with Gasteiger partial charge in [-0.15, -0.1) is 0 Å². The number of nitrogens with zero attached hydrogens (tertiary/aromatic N) is 1. The fraction of sp³-hybridized carbons (Fsp3) is 0.462. The van der Waals surface area contributed by atoms with E-state index in [0.717, 1.165) is 10.4 Å². The highest BCUT2D eigenvalue weighted by Gasteiger charge is 2.40. The van der Waals surface area contributed by atoms with E-state index in [-0.39, 0.29) is 23.7 Å². The first-order chi connectivity index (χ1) is 10.2. The third kappa shape index (κ3) is 3.57. The minimum absolute atomic E-state index is 0.0242. The van der Waals surface area contributed by atoms with Gasteiger partial charge in [0.2, 0.25) is 15.9 Å². The lowest BCUT2D eigenvalue weighted by molar-refractivity contribution is -0.130. The normalized spacial score (nSPS) is 23.4. The molecule has 1 aliphatic heterocycles. The molecule has 0 unspecified atom stereocenters. The van der Waals surface area contributed by atoms with Gasteiger partial charge in [0.05, 0.1) is 23.5 Å². The zero-order valence-corrected chi connectivity index (χ0v) is 13.4. The molecule has 2 atom stereocenters. The van der Waals surface area contributed by atoms with E-state index in [9.17, 15) is 17.6 Å². The van der Waals surface area contributed by atoms with Crippen molar-refractivity contribution in [1.29, 1.82) is 0 Å². The van der Waals surface area contributed by atoms with Gasteiger partial charge >= 0.3 is 0 Å². The molecule has 0 aliphatic carbocycles. The predicted octanol–water partition coefficient (Wildman–Crippen LogP) is 0.884. The average molecular weight is 351 g/mol. The molecule has 2 N–H and O–H groups in total. The number of nitrogens with two attached hydrogens (primary N) is 1. The van der Waals surface area contributed by atoms with E-state index >= 15 is 0 Å². The lowest BCUT2D eigenvalue weighted by Gasteiger charge is -2.36. The topological polar surface area (TPSA) is 89.7 Å². The SMILES string of the molecule is C[C@H]1OCCN(S(=O)(=O)Cc2ccc(Cl)c(F)c2)[C@@H]1C(N)=O. The van der Waals surface area contributed by atoms with Crippen LogP contribution in [-0.2, 0) is 25.3 Å². The van der Waals surface area contributed by atoms with Crippen LogP contribution in [0.5, 0.6) is 0 Å². The van der Waals surface area contributed by atoms with Crippen LogP contribution in [0.2, 0.25) is 5.02 Å². The second-order valence-corrected chi connectivity index (χ2v) is 7.37. The molecule has 1 aromatic rings. The molecule has 1 amide bonds. The Morgan fingerprint density at radius 2 is 2.23 bits per heavy atom. The summed E-state index contributed by atoms with van der Waals surface area (Å²) in [6.07, 6.45) is -0.636. The van der Waals surface area contributed by atoms with Crippen LogP contribution in [0.1, 0.15) is 12.5 Å². The van der Waals surface area contributed by atoms with Gasteiger partial charge in [-0.1, -0.05) is 17.7 Å². The molecular weight excluding hydrogens is 335 g/mol. The summed E-state index contributed by atoms with van der Waals surface area (Å²) in [7, 11) is -3.85. The minimum Gasteiger partial charge on any atom is -0.375 e. The van der Waals surface area contributed by atoms with Gasteiger partial charge in [0.15, 0.2) is 0 Å². The molecule has 122 valence electrons. The van der Waals surface area contributed by atoms with E-state index in [1.165, 1.54) is 12.1 Å². The Bertz CT molecular complexity index is 683. The zero-order valence-electron chi connectivity index (χ0n) is 11.8. The van der Waals surface area contributed by atoms with Crippen LogP contribution in [0.3, 0.4) is 0 Å². The van der Waals surface area contributed by atoms with Crippen molar-refractivity contribution < 1.29 is 22.3 Å². The number of halogens is 2. The first-order valence-electron chi connectivity index (χ1n) is 6.57. The lowest BCUT2D eigenvalue weighted by Crippen LogP contribution is -2.58. The number of morpholine rings is 1. The van der Waals surface area contributed by atoms with E-state index < -0.39 is 39.6 Å². The zero-order chi connectivity index (χ0) is 16.5. The molecule has 1 aromatic carbocycles. The number of carbonyl (C=O) groups excluding carboxylic acids is 1. The number of benzene rings is 1. The van der Waals surface area contributed by atoms with Crippen LogP contribution >= 0.6 is 11.6 Å². The van der Waals surface area contributed by atoms with Crippen molar-refractivity contribution in [3.63, 3.8) is 0 Å². The number of carbonyl (C=O) groups is 1. The summed E-state index contributed by atoms with van der Waals surface area (Å²) < 4.78 is 44.8. The van der Waals surface area contributed by atoms with Crippen molar-refractivity contribution >= 4 is 27.5 Å². The van der Waals surface area contributed by atoms with Crippen molar-refractivity contribution in [2.24, 2.45) is 5.73 Å². The Balaban J connectivity index is 2.28. The fourth-order valence-corrected chi connectivity index (χ4v) is 4.26. The number of hydrogen-bond donors (Lipinski definition) is 1. The van der Waals surface area contributed by atoms with Crippen molar-refractivity contribution in [3.05, 3.63) is 34.6 Å². The lowest BCUT2D eigenvalue weighted by atomic mass is 10.1. The summed E-state index contributed by atoms with van der Waals surface area (Å²) in [5.74, 6) is -1.92. The molecule has 0 bridgehead atoms. The second-order valence-electron chi connectivity index (χ2n) is 5.04. The van der Waals surface area contributed by atoms with Crippen LogP contribution in [0.4, 0.5) is 4.39 Å². The number of rotatable bonds is 4. The first kappa shape index (κ1) is 17.1. The highest BCUT2D eigenvalue weighted by atomic mass is 35.5. The first-order valence-corrected chi connectivity index (χ1v) is 8.55. The summed E-state index contributed by atoms with van der Waals surface area (Å²) >= 11 is 5.57. The van der Waals surface area contributed by atoms with Gasteiger partial charge in [0.1, 0.15) is 11.9 Å². The van der Waals surface area contributed by atoms with Crippen LogP contribution in [0.25, 0.3) is 0 Å². The summed E-state index contributed by atoms with van der Waals surface area (Å²) in [4.78, 5) is 11.5. The molecule has 22 heavy (non-hydrogen) atoms. The summed E-state index contributed by atoms with van der Waals surface area (Å²) in [6, 6.07) is 2.70. The number of sulfonamides is 1. The van der Waals surface area contributed by atoms with Gasteiger partial charge in [0, 0.05) is 6.54 Å². The molecule has 9 heteroatoms. The maximum atomic E-state index is 13.4. The Morgan fingerprint density at radius 3 is 2.82 bits per heavy atom. The number of ether oxygens (including phenoxy) is 1. The fourth-order valence-electron chi connectivity index (χ4n) is 2.40. The summed E-state index contributed by atoms with van der Waals surface area (Å²) in [5, 5.41) is -0.0869. The largest absolute Gasteiger partial charge is 0.375 e. The highest BCUT2D eigenvalue weighted by molar-refractivity contribution is 7.88. The van der Waals surface area contributed by atoms with Crippen molar-refractivity contribution in [2.45, 2.75) is 24.8 Å². The third-order valence-electron chi connectivity index (χ3n) is 3.43. The number of primary amides is 1. The van der Waals surface area contributed by atoms with Crippen molar-refractivity contribution in [3.8, 4) is 0 Å². The molecule has 0 saturated carbocycles. The third-order valence-corrected chi connectivity index (χ3v) is 5.56. The molecule has 0 spiro atoms. The van der Waals surface area contributed by atoms with Crippen molar-refractivity contribution in [1.82, 2.24) is 4.31 Å². The molecule has 6 nitrogen and oxygen atoms in total. The predicted molar refractivity (Wildman–Crippen MR) is 79.1 cm³/mol. The molecule has 1 heterocycles. The Hall–Kier alpha value is -1.22. The van der Waals surface area contributed by atoms with E-state index in [1.54, 1.807) is 6.92 Å². The molecular formula is C13H16ClFN2O4S. The van der Waals surface area contributed by atoms with E-state index in [0.29, 0.717) is 0 Å². The van der Waals surface area contributed by atoms with E-state index in [1.807, 2.05) is 0 Å².